The summed E-state index contributed by atoms with van der Waals surface area (Å²) < 4.78 is 3.12. The van der Waals surface area contributed by atoms with Gasteiger partial charge in [-0.05, 0) is 37.4 Å². The second-order valence-corrected chi connectivity index (χ2v) is 7.52. The molecule has 0 saturated carbocycles. The first-order chi connectivity index (χ1) is 11.8. The van der Waals surface area contributed by atoms with E-state index in [0.717, 1.165) is 31.7 Å². The van der Waals surface area contributed by atoms with Gasteiger partial charge in [0.05, 0.1) is 29.6 Å². The van der Waals surface area contributed by atoms with Crippen molar-refractivity contribution in [2.45, 2.75) is 32.5 Å². The van der Waals surface area contributed by atoms with Crippen LogP contribution in [0.5, 0.6) is 0 Å². The fourth-order valence-electron chi connectivity index (χ4n) is 3.39. The van der Waals surface area contributed by atoms with E-state index in [1.165, 1.54) is 22.5 Å². The Balaban J connectivity index is 1.39. The Hall–Kier alpha value is -1.83. The van der Waals surface area contributed by atoms with Gasteiger partial charge in [0, 0.05) is 13.1 Å². The predicted molar refractivity (Wildman–Crippen MR) is 93.6 cm³/mol. The Morgan fingerprint density at radius 2 is 2.21 bits per heavy atom. The van der Waals surface area contributed by atoms with E-state index >= 15 is 0 Å². The summed E-state index contributed by atoms with van der Waals surface area (Å²) in [5.74, 6) is 0.571. The first-order valence-corrected chi connectivity index (χ1v) is 9.18. The van der Waals surface area contributed by atoms with Crippen LogP contribution < -0.4 is 0 Å². The standard InChI is InChI=1S/C17H21N5OS/c23-12-14-10-22(20-19-14)9-13-4-3-7-21(8-13)11-17-18-15-5-1-2-6-16(15)24-17/h1-2,5-6,10,13,23H,3-4,7-9,11-12H2/t13-/m1/s1. The number of para-hydroxylation sites is 1. The largest absolute Gasteiger partial charge is 0.390 e. The van der Waals surface area contributed by atoms with Crippen molar-refractivity contribution < 1.29 is 5.11 Å². The average molecular weight is 343 g/mol. The fraction of sp³-hybridized carbons (Fsp3) is 0.471. The quantitative estimate of drug-likeness (QED) is 0.770. The number of piperidine rings is 1. The summed E-state index contributed by atoms with van der Waals surface area (Å²) in [4.78, 5) is 7.25. The van der Waals surface area contributed by atoms with E-state index in [0.29, 0.717) is 11.6 Å². The molecule has 1 N–H and O–H groups in total. The molecule has 0 unspecified atom stereocenters. The van der Waals surface area contributed by atoms with E-state index in [2.05, 4.69) is 33.4 Å². The fourth-order valence-corrected chi connectivity index (χ4v) is 4.40. The van der Waals surface area contributed by atoms with Gasteiger partial charge in [-0.1, -0.05) is 17.3 Å². The van der Waals surface area contributed by atoms with Crippen molar-refractivity contribution in [3.63, 3.8) is 0 Å². The van der Waals surface area contributed by atoms with Crippen LogP contribution in [-0.2, 0) is 19.7 Å². The summed E-state index contributed by atoms with van der Waals surface area (Å²) in [6.45, 7) is 3.93. The number of aliphatic hydroxyl groups is 1. The molecule has 1 atom stereocenters. The Morgan fingerprint density at radius 1 is 1.29 bits per heavy atom. The van der Waals surface area contributed by atoms with Crippen LogP contribution in [0.4, 0.5) is 0 Å². The summed E-state index contributed by atoms with van der Waals surface area (Å²) >= 11 is 1.79. The van der Waals surface area contributed by atoms with Crippen molar-refractivity contribution in [1.82, 2.24) is 24.9 Å². The van der Waals surface area contributed by atoms with Gasteiger partial charge in [0.25, 0.3) is 0 Å². The first-order valence-electron chi connectivity index (χ1n) is 8.37. The van der Waals surface area contributed by atoms with Crippen molar-refractivity contribution in [2.24, 2.45) is 5.92 Å². The molecule has 1 aliphatic rings. The van der Waals surface area contributed by atoms with E-state index < -0.39 is 0 Å². The molecule has 0 aliphatic carbocycles. The maximum Gasteiger partial charge on any atom is 0.108 e. The SMILES string of the molecule is OCc1cn(C[C@@H]2CCCN(Cc3nc4ccccc4s3)C2)nn1. The molecule has 4 rings (SSSR count). The molecule has 3 heterocycles. The minimum atomic E-state index is -0.0472. The lowest BCUT2D eigenvalue weighted by Gasteiger charge is -2.31. The number of hydrogen-bond donors (Lipinski definition) is 1. The molecule has 2 aromatic heterocycles. The summed E-state index contributed by atoms with van der Waals surface area (Å²) in [5, 5.41) is 18.3. The maximum absolute atomic E-state index is 9.09. The minimum absolute atomic E-state index is 0.0472. The van der Waals surface area contributed by atoms with E-state index in [1.54, 1.807) is 11.3 Å². The highest BCUT2D eigenvalue weighted by Crippen LogP contribution is 2.25. The molecule has 3 aromatic rings. The second kappa shape index (κ2) is 6.96. The maximum atomic E-state index is 9.09. The molecule has 1 saturated heterocycles. The highest BCUT2D eigenvalue weighted by Gasteiger charge is 2.21. The molecule has 7 heteroatoms. The normalized spacial score (nSPS) is 19.1. The average Bonchev–Trinajstić information content (AvgIpc) is 3.21. The zero-order valence-electron chi connectivity index (χ0n) is 13.5. The van der Waals surface area contributed by atoms with Crippen LogP contribution in [0.2, 0.25) is 0 Å². The van der Waals surface area contributed by atoms with E-state index in [9.17, 15) is 0 Å². The number of likely N-dealkylation sites (tertiary alicyclic amines) is 1. The molecule has 1 fully saturated rings. The molecule has 0 spiro atoms. The first kappa shape index (κ1) is 15.7. The second-order valence-electron chi connectivity index (χ2n) is 6.41. The molecule has 0 radical (unpaired) electrons. The van der Waals surface area contributed by atoms with Crippen molar-refractivity contribution in [1.29, 1.82) is 0 Å². The smallest absolute Gasteiger partial charge is 0.108 e. The lowest BCUT2D eigenvalue weighted by Crippen LogP contribution is -2.36. The summed E-state index contributed by atoms with van der Waals surface area (Å²) in [7, 11) is 0. The summed E-state index contributed by atoms with van der Waals surface area (Å²) in [5.41, 5.74) is 1.74. The van der Waals surface area contributed by atoms with Gasteiger partial charge in [0.1, 0.15) is 10.7 Å². The molecule has 24 heavy (non-hydrogen) atoms. The third kappa shape index (κ3) is 3.48. The number of benzene rings is 1. The monoisotopic (exact) mass is 343 g/mol. The topological polar surface area (TPSA) is 67.1 Å². The van der Waals surface area contributed by atoms with Crippen LogP contribution in [0.3, 0.4) is 0 Å². The number of aliphatic hydroxyl groups excluding tert-OH is 1. The van der Waals surface area contributed by atoms with Crippen LogP contribution in [-0.4, -0.2) is 43.1 Å². The third-order valence-corrected chi connectivity index (χ3v) is 5.51. The van der Waals surface area contributed by atoms with E-state index in [-0.39, 0.29) is 6.61 Å². The zero-order chi connectivity index (χ0) is 16.4. The molecule has 1 aromatic carbocycles. The molecule has 0 amide bonds. The molecular weight excluding hydrogens is 322 g/mol. The van der Waals surface area contributed by atoms with Crippen molar-refractivity contribution in [3.8, 4) is 0 Å². The highest BCUT2D eigenvalue weighted by atomic mass is 32.1. The molecule has 126 valence electrons. The number of aromatic nitrogens is 4. The van der Waals surface area contributed by atoms with Gasteiger partial charge in [-0.2, -0.15) is 0 Å². The number of rotatable bonds is 5. The van der Waals surface area contributed by atoms with Crippen LogP contribution >= 0.6 is 11.3 Å². The van der Waals surface area contributed by atoms with Crippen molar-refractivity contribution in [3.05, 3.63) is 41.2 Å². The van der Waals surface area contributed by atoms with Gasteiger partial charge < -0.3 is 5.11 Å². The van der Waals surface area contributed by atoms with Crippen molar-refractivity contribution >= 4 is 21.6 Å². The third-order valence-electron chi connectivity index (χ3n) is 4.49. The van der Waals surface area contributed by atoms with Crippen LogP contribution in [0.15, 0.2) is 30.5 Å². The van der Waals surface area contributed by atoms with Crippen LogP contribution in [0.25, 0.3) is 10.2 Å². The lowest BCUT2D eigenvalue weighted by molar-refractivity contribution is 0.152. The number of thiazole rings is 1. The van der Waals surface area contributed by atoms with Crippen LogP contribution in [0.1, 0.15) is 23.5 Å². The van der Waals surface area contributed by atoms with Gasteiger partial charge in [-0.3, -0.25) is 9.58 Å². The highest BCUT2D eigenvalue weighted by molar-refractivity contribution is 7.18. The van der Waals surface area contributed by atoms with Gasteiger partial charge in [-0.25, -0.2) is 4.98 Å². The van der Waals surface area contributed by atoms with Gasteiger partial charge >= 0.3 is 0 Å². The van der Waals surface area contributed by atoms with Gasteiger partial charge in [0.15, 0.2) is 0 Å². The Bertz CT molecular complexity index is 781. The molecule has 1 aliphatic heterocycles. The molecule has 0 bridgehead atoms. The number of nitrogens with zero attached hydrogens (tertiary/aromatic N) is 5. The lowest BCUT2D eigenvalue weighted by atomic mass is 9.98. The van der Waals surface area contributed by atoms with E-state index in [4.69, 9.17) is 10.1 Å². The Kier molecular flexibility index (Phi) is 4.55. The Labute approximate surface area is 144 Å². The number of fused-ring (bicyclic) bond motifs is 1. The van der Waals surface area contributed by atoms with Crippen molar-refractivity contribution in [2.75, 3.05) is 13.1 Å². The van der Waals surface area contributed by atoms with Crippen LogP contribution in [0, 0.1) is 5.92 Å². The number of hydrogen-bond acceptors (Lipinski definition) is 6. The predicted octanol–water partition coefficient (Wildman–Crippen LogP) is 2.29. The zero-order valence-corrected chi connectivity index (χ0v) is 14.3. The molecular formula is C17H21N5OS. The Morgan fingerprint density at radius 3 is 3.04 bits per heavy atom. The van der Waals surface area contributed by atoms with E-state index in [1.807, 2.05) is 16.9 Å². The summed E-state index contributed by atoms with van der Waals surface area (Å²) in [6.07, 6.45) is 4.26. The summed E-state index contributed by atoms with van der Waals surface area (Å²) in [6, 6.07) is 8.33. The van der Waals surface area contributed by atoms with Gasteiger partial charge in [0.2, 0.25) is 0 Å². The molecule has 6 nitrogen and oxygen atoms in total. The van der Waals surface area contributed by atoms with Gasteiger partial charge in [-0.15, -0.1) is 16.4 Å². The minimum Gasteiger partial charge on any atom is -0.390 e.